The number of rotatable bonds is 5. The zero-order valence-electron chi connectivity index (χ0n) is 12.4. The molecule has 0 spiro atoms. The first-order chi connectivity index (χ1) is 9.63. The van der Waals surface area contributed by atoms with E-state index < -0.39 is 0 Å². The zero-order chi connectivity index (χ0) is 14.4. The monoisotopic (exact) mass is 276 g/mol. The Bertz CT molecular complexity index is 424. The van der Waals surface area contributed by atoms with E-state index in [9.17, 15) is 4.79 Å². The summed E-state index contributed by atoms with van der Waals surface area (Å²) in [5.74, 6) is -0.0409. The maximum Gasteiger partial charge on any atom is 0.221 e. The van der Waals surface area contributed by atoms with E-state index in [0.29, 0.717) is 0 Å². The lowest BCUT2D eigenvalue weighted by Crippen LogP contribution is -2.45. The topological polar surface area (TPSA) is 47.6 Å². The van der Waals surface area contributed by atoms with Gasteiger partial charge in [-0.2, -0.15) is 0 Å². The smallest absolute Gasteiger partial charge is 0.221 e. The molecule has 2 N–H and O–H groups in total. The summed E-state index contributed by atoms with van der Waals surface area (Å²) in [6.45, 7) is 8.16. The summed E-state index contributed by atoms with van der Waals surface area (Å²) in [5.41, 5.74) is 1.93. The zero-order valence-corrected chi connectivity index (χ0v) is 12.4. The summed E-state index contributed by atoms with van der Waals surface area (Å²) >= 11 is 0. The Hall–Kier alpha value is -1.59. The van der Waals surface area contributed by atoms with Gasteiger partial charge in [0.15, 0.2) is 0 Å². The standard InChI is InChI=1S/C15H24N4O/c1-13(20)17-15-5-3-14(4-6-15)16-7-8-19-11-9-18(2)10-12-19/h3-6,16H,7-12H2,1-2H3,(H,17,20). The van der Waals surface area contributed by atoms with Gasteiger partial charge in [-0.15, -0.1) is 0 Å². The van der Waals surface area contributed by atoms with Crippen molar-refractivity contribution in [1.82, 2.24) is 9.80 Å². The number of anilines is 2. The minimum atomic E-state index is -0.0409. The van der Waals surface area contributed by atoms with Crippen molar-refractivity contribution in [2.75, 3.05) is 56.9 Å². The Morgan fingerprint density at radius 1 is 1.10 bits per heavy atom. The number of piperazine rings is 1. The fraction of sp³-hybridized carbons (Fsp3) is 0.533. The molecule has 1 aliphatic rings. The number of hydrogen-bond acceptors (Lipinski definition) is 4. The van der Waals surface area contributed by atoms with E-state index in [2.05, 4.69) is 27.5 Å². The van der Waals surface area contributed by atoms with E-state index in [1.807, 2.05) is 24.3 Å². The second-order valence-corrected chi connectivity index (χ2v) is 5.33. The molecule has 1 aliphatic heterocycles. The van der Waals surface area contributed by atoms with Crippen molar-refractivity contribution in [2.24, 2.45) is 0 Å². The number of hydrogen-bond donors (Lipinski definition) is 2. The van der Waals surface area contributed by atoms with Crippen LogP contribution in [0.2, 0.25) is 0 Å². The molecule has 1 fully saturated rings. The van der Waals surface area contributed by atoms with E-state index in [0.717, 1.165) is 50.6 Å². The van der Waals surface area contributed by atoms with E-state index in [-0.39, 0.29) is 5.91 Å². The molecule has 1 aromatic carbocycles. The van der Waals surface area contributed by atoms with Gasteiger partial charge in [-0.1, -0.05) is 0 Å². The fourth-order valence-corrected chi connectivity index (χ4v) is 2.30. The van der Waals surface area contributed by atoms with Crippen LogP contribution in [0.5, 0.6) is 0 Å². The number of benzene rings is 1. The molecule has 2 rings (SSSR count). The van der Waals surface area contributed by atoms with Crippen LogP contribution >= 0.6 is 0 Å². The maximum atomic E-state index is 10.9. The van der Waals surface area contributed by atoms with E-state index in [1.54, 1.807) is 0 Å². The van der Waals surface area contributed by atoms with E-state index >= 15 is 0 Å². The lowest BCUT2D eigenvalue weighted by Gasteiger charge is -2.32. The van der Waals surface area contributed by atoms with Crippen LogP contribution in [-0.4, -0.2) is 62.0 Å². The van der Waals surface area contributed by atoms with Crippen molar-refractivity contribution in [3.8, 4) is 0 Å². The Labute approximate surface area is 120 Å². The molecule has 5 nitrogen and oxygen atoms in total. The Morgan fingerprint density at radius 3 is 2.30 bits per heavy atom. The first-order valence-electron chi connectivity index (χ1n) is 7.16. The Balaban J connectivity index is 1.70. The SMILES string of the molecule is CC(=O)Nc1ccc(NCCN2CCN(C)CC2)cc1. The molecule has 0 bridgehead atoms. The van der Waals surface area contributed by atoms with Gasteiger partial charge in [-0.25, -0.2) is 0 Å². The fourth-order valence-electron chi connectivity index (χ4n) is 2.30. The molecule has 0 aliphatic carbocycles. The summed E-state index contributed by atoms with van der Waals surface area (Å²) in [5, 5.41) is 6.18. The molecule has 0 atom stereocenters. The number of amides is 1. The molecule has 0 unspecified atom stereocenters. The third-order valence-corrected chi connectivity index (χ3v) is 3.56. The van der Waals surface area contributed by atoms with Gasteiger partial charge in [-0.3, -0.25) is 9.69 Å². The van der Waals surface area contributed by atoms with E-state index in [4.69, 9.17) is 0 Å². The molecule has 0 saturated carbocycles. The average Bonchev–Trinajstić information content (AvgIpc) is 2.42. The van der Waals surface area contributed by atoms with Gasteiger partial charge in [-0.05, 0) is 31.3 Å². The first kappa shape index (κ1) is 14.8. The third-order valence-electron chi connectivity index (χ3n) is 3.56. The minimum absolute atomic E-state index is 0.0409. The van der Waals surface area contributed by atoms with Gasteiger partial charge >= 0.3 is 0 Å². The summed E-state index contributed by atoms with van der Waals surface area (Å²) in [4.78, 5) is 15.8. The van der Waals surface area contributed by atoms with Crippen LogP contribution in [0.4, 0.5) is 11.4 Å². The van der Waals surface area contributed by atoms with Crippen LogP contribution in [0.3, 0.4) is 0 Å². The molecular formula is C15H24N4O. The van der Waals surface area contributed by atoms with Gasteiger partial charge in [0.2, 0.25) is 5.91 Å². The molecule has 1 heterocycles. The van der Waals surface area contributed by atoms with Crippen molar-refractivity contribution in [3.63, 3.8) is 0 Å². The van der Waals surface area contributed by atoms with Crippen molar-refractivity contribution in [1.29, 1.82) is 0 Å². The van der Waals surface area contributed by atoms with Crippen LogP contribution in [0.1, 0.15) is 6.92 Å². The van der Waals surface area contributed by atoms with Crippen molar-refractivity contribution in [2.45, 2.75) is 6.92 Å². The van der Waals surface area contributed by atoms with Crippen molar-refractivity contribution in [3.05, 3.63) is 24.3 Å². The van der Waals surface area contributed by atoms with Crippen LogP contribution in [0, 0.1) is 0 Å². The van der Waals surface area contributed by atoms with Crippen LogP contribution in [0.15, 0.2) is 24.3 Å². The lowest BCUT2D eigenvalue weighted by atomic mass is 10.2. The van der Waals surface area contributed by atoms with Gasteiger partial charge < -0.3 is 15.5 Å². The van der Waals surface area contributed by atoms with Crippen LogP contribution in [-0.2, 0) is 4.79 Å². The van der Waals surface area contributed by atoms with Crippen LogP contribution in [0.25, 0.3) is 0 Å². The van der Waals surface area contributed by atoms with Crippen molar-refractivity contribution < 1.29 is 4.79 Å². The molecule has 110 valence electrons. The predicted octanol–water partition coefficient (Wildman–Crippen LogP) is 1.30. The van der Waals surface area contributed by atoms with Gasteiger partial charge in [0.1, 0.15) is 0 Å². The van der Waals surface area contributed by atoms with Gasteiger partial charge in [0.25, 0.3) is 0 Å². The molecule has 1 amide bonds. The largest absolute Gasteiger partial charge is 0.384 e. The first-order valence-corrected chi connectivity index (χ1v) is 7.16. The predicted molar refractivity (Wildman–Crippen MR) is 83.2 cm³/mol. The molecule has 20 heavy (non-hydrogen) atoms. The molecule has 1 saturated heterocycles. The summed E-state index contributed by atoms with van der Waals surface area (Å²) in [7, 11) is 2.17. The minimum Gasteiger partial charge on any atom is -0.384 e. The summed E-state index contributed by atoms with van der Waals surface area (Å²) in [6.07, 6.45) is 0. The number of likely N-dealkylation sites (N-methyl/N-ethyl adjacent to an activating group) is 1. The number of nitrogens with zero attached hydrogens (tertiary/aromatic N) is 2. The highest BCUT2D eigenvalue weighted by molar-refractivity contribution is 5.88. The number of carbonyl (C=O) groups is 1. The molecule has 0 radical (unpaired) electrons. The number of nitrogens with one attached hydrogen (secondary N) is 2. The molecular weight excluding hydrogens is 252 g/mol. The second-order valence-electron chi connectivity index (χ2n) is 5.33. The average molecular weight is 276 g/mol. The summed E-state index contributed by atoms with van der Waals surface area (Å²) < 4.78 is 0. The van der Waals surface area contributed by atoms with Gasteiger partial charge in [0, 0.05) is 57.6 Å². The molecule has 0 aromatic heterocycles. The number of carbonyl (C=O) groups excluding carboxylic acids is 1. The van der Waals surface area contributed by atoms with E-state index in [1.165, 1.54) is 6.92 Å². The highest BCUT2D eigenvalue weighted by atomic mass is 16.1. The third kappa shape index (κ3) is 4.83. The Morgan fingerprint density at radius 2 is 1.70 bits per heavy atom. The second kappa shape index (κ2) is 7.26. The van der Waals surface area contributed by atoms with Gasteiger partial charge in [0.05, 0.1) is 0 Å². The summed E-state index contributed by atoms with van der Waals surface area (Å²) in [6, 6.07) is 7.82. The van der Waals surface area contributed by atoms with Crippen molar-refractivity contribution >= 4 is 17.3 Å². The highest BCUT2D eigenvalue weighted by Gasteiger charge is 2.12. The Kier molecular flexibility index (Phi) is 5.38. The highest BCUT2D eigenvalue weighted by Crippen LogP contribution is 2.13. The van der Waals surface area contributed by atoms with Crippen LogP contribution < -0.4 is 10.6 Å². The maximum absolute atomic E-state index is 10.9. The molecule has 5 heteroatoms. The molecule has 1 aromatic rings. The normalized spacial score (nSPS) is 16.9. The lowest BCUT2D eigenvalue weighted by molar-refractivity contribution is -0.114. The quantitative estimate of drug-likeness (QED) is 0.851.